The summed E-state index contributed by atoms with van der Waals surface area (Å²) in [4.78, 5) is 38.3. The number of hydrogen-bond donors (Lipinski definition) is 2. The van der Waals surface area contributed by atoms with Gasteiger partial charge in [0, 0.05) is 6.54 Å². The fraction of sp³-hybridized carbons (Fsp3) is 0.750. The van der Waals surface area contributed by atoms with Gasteiger partial charge in [-0.25, -0.2) is 4.79 Å². The lowest BCUT2D eigenvalue weighted by molar-refractivity contribution is -0.145. The van der Waals surface area contributed by atoms with Gasteiger partial charge >= 0.3 is 6.03 Å². The van der Waals surface area contributed by atoms with Crippen molar-refractivity contribution in [1.82, 2.24) is 15.1 Å². The second-order valence-corrected chi connectivity index (χ2v) is 5.44. The Morgan fingerprint density at radius 2 is 2.20 bits per heavy atom. The summed E-state index contributed by atoms with van der Waals surface area (Å²) in [5.41, 5.74) is -0.987. The summed E-state index contributed by atoms with van der Waals surface area (Å²) in [7, 11) is 0. The van der Waals surface area contributed by atoms with Crippen molar-refractivity contribution >= 4 is 17.8 Å². The lowest BCUT2D eigenvalue weighted by Crippen LogP contribution is -2.54. The topological polar surface area (TPSA) is 99.2 Å². The number of aliphatic hydroxyl groups is 1. The van der Waals surface area contributed by atoms with Gasteiger partial charge in [0.15, 0.2) is 0 Å². The Hall–Kier alpha value is -1.67. The molecule has 2 N–H and O–H groups in total. The largest absolute Gasteiger partial charge is 0.394 e. The van der Waals surface area contributed by atoms with Crippen LogP contribution < -0.4 is 5.32 Å². The Labute approximate surface area is 116 Å². The Bertz CT molecular complexity index is 437. The number of ether oxygens (including phenoxy) is 1. The second-order valence-electron chi connectivity index (χ2n) is 5.44. The third-order valence-electron chi connectivity index (χ3n) is 3.50. The molecule has 2 aliphatic rings. The molecule has 2 rings (SSSR count). The summed E-state index contributed by atoms with van der Waals surface area (Å²) < 4.78 is 5.18. The molecule has 2 fully saturated rings. The zero-order chi connectivity index (χ0) is 14.9. The molecule has 0 aromatic carbocycles. The fourth-order valence-electron chi connectivity index (χ4n) is 2.32. The molecule has 0 aromatic rings. The molecular weight excluding hydrogens is 266 g/mol. The molecule has 2 heterocycles. The summed E-state index contributed by atoms with van der Waals surface area (Å²) in [6.07, 6.45) is 0. The van der Waals surface area contributed by atoms with Crippen LogP contribution in [0.25, 0.3) is 0 Å². The minimum Gasteiger partial charge on any atom is -0.394 e. The molecule has 0 saturated carbocycles. The highest BCUT2D eigenvalue weighted by Crippen LogP contribution is 2.17. The number of urea groups is 1. The second kappa shape index (κ2) is 5.37. The van der Waals surface area contributed by atoms with E-state index >= 15 is 0 Å². The van der Waals surface area contributed by atoms with Crippen LogP contribution in [0.2, 0.25) is 0 Å². The highest BCUT2D eigenvalue weighted by atomic mass is 16.5. The molecule has 0 aromatic heterocycles. The van der Waals surface area contributed by atoms with Gasteiger partial charge in [0.1, 0.15) is 12.1 Å². The van der Waals surface area contributed by atoms with Crippen molar-refractivity contribution in [2.24, 2.45) is 0 Å². The Kier molecular flexibility index (Phi) is 3.96. The molecule has 8 heteroatoms. The van der Waals surface area contributed by atoms with E-state index in [-0.39, 0.29) is 25.7 Å². The average molecular weight is 285 g/mol. The molecule has 1 atom stereocenters. The number of carbonyl (C=O) groups excluding carboxylic acids is 3. The van der Waals surface area contributed by atoms with Gasteiger partial charge in [-0.2, -0.15) is 0 Å². The van der Waals surface area contributed by atoms with E-state index < -0.39 is 23.5 Å². The monoisotopic (exact) mass is 285 g/mol. The highest BCUT2D eigenvalue weighted by Gasteiger charge is 2.45. The summed E-state index contributed by atoms with van der Waals surface area (Å²) in [5.74, 6) is -0.793. The number of rotatable bonds is 3. The van der Waals surface area contributed by atoms with E-state index in [4.69, 9.17) is 4.74 Å². The van der Waals surface area contributed by atoms with E-state index in [1.165, 1.54) is 4.90 Å². The van der Waals surface area contributed by atoms with E-state index in [2.05, 4.69) is 5.32 Å². The van der Waals surface area contributed by atoms with Crippen LogP contribution in [0, 0.1) is 0 Å². The van der Waals surface area contributed by atoms with Crippen LogP contribution in [0.1, 0.15) is 13.8 Å². The molecule has 8 nitrogen and oxygen atoms in total. The van der Waals surface area contributed by atoms with Crippen LogP contribution in [0.5, 0.6) is 0 Å². The van der Waals surface area contributed by atoms with Crippen molar-refractivity contribution in [3.05, 3.63) is 0 Å². The van der Waals surface area contributed by atoms with Crippen LogP contribution in [0.15, 0.2) is 0 Å². The molecule has 2 saturated heterocycles. The number of hydrogen-bond acceptors (Lipinski definition) is 5. The van der Waals surface area contributed by atoms with Crippen LogP contribution in [0.3, 0.4) is 0 Å². The van der Waals surface area contributed by atoms with Gasteiger partial charge in [-0.1, -0.05) is 0 Å². The number of nitrogens with one attached hydrogen (secondary N) is 1. The standard InChI is InChI=1S/C12H19N3O5/c1-12(2)10(18)15(11(19)13-12)5-9(17)14-3-4-20-7-8(14)6-16/h8,16H,3-7H2,1-2H3,(H,13,19). The van der Waals surface area contributed by atoms with Gasteiger partial charge in [0.25, 0.3) is 5.91 Å². The van der Waals surface area contributed by atoms with Gasteiger partial charge in [-0.3, -0.25) is 14.5 Å². The SMILES string of the molecule is CC1(C)NC(=O)N(CC(=O)N2CCOCC2CO)C1=O. The maximum Gasteiger partial charge on any atom is 0.325 e. The molecule has 112 valence electrons. The van der Waals surface area contributed by atoms with Crippen molar-refractivity contribution in [3.8, 4) is 0 Å². The molecule has 1 unspecified atom stereocenters. The maximum absolute atomic E-state index is 12.2. The first-order chi connectivity index (χ1) is 9.36. The van der Waals surface area contributed by atoms with Crippen molar-refractivity contribution < 1.29 is 24.2 Å². The summed E-state index contributed by atoms with van der Waals surface area (Å²) >= 11 is 0. The first-order valence-electron chi connectivity index (χ1n) is 6.49. The van der Waals surface area contributed by atoms with Crippen LogP contribution in [-0.2, 0) is 14.3 Å². The van der Waals surface area contributed by atoms with Gasteiger partial charge < -0.3 is 20.1 Å². The zero-order valence-electron chi connectivity index (χ0n) is 11.6. The minimum atomic E-state index is -0.987. The average Bonchev–Trinajstić information content (AvgIpc) is 2.60. The van der Waals surface area contributed by atoms with E-state index in [1.807, 2.05) is 0 Å². The van der Waals surface area contributed by atoms with Crippen LogP contribution in [0.4, 0.5) is 4.79 Å². The van der Waals surface area contributed by atoms with Crippen molar-refractivity contribution in [3.63, 3.8) is 0 Å². The predicted octanol–water partition coefficient (Wildman–Crippen LogP) is -1.46. The maximum atomic E-state index is 12.2. The third kappa shape index (κ3) is 2.61. The molecule has 2 aliphatic heterocycles. The first-order valence-corrected chi connectivity index (χ1v) is 6.49. The number of amides is 4. The first kappa shape index (κ1) is 14.7. The van der Waals surface area contributed by atoms with Crippen molar-refractivity contribution in [2.45, 2.75) is 25.4 Å². The van der Waals surface area contributed by atoms with E-state index in [1.54, 1.807) is 13.8 Å². The van der Waals surface area contributed by atoms with E-state index in [0.29, 0.717) is 13.2 Å². The number of nitrogens with zero attached hydrogens (tertiary/aromatic N) is 2. The summed E-state index contributed by atoms with van der Waals surface area (Å²) in [5, 5.41) is 11.7. The lowest BCUT2D eigenvalue weighted by Gasteiger charge is -2.35. The minimum absolute atomic E-state index is 0.211. The molecule has 20 heavy (non-hydrogen) atoms. The highest BCUT2D eigenvalue weighted by molar-refractivity contribution is 6.08. The van der Waals surface area contributed by atoms with Crippen LogP contribution >= 0.6 is 0 Å². The quantitative estimate of drug-likeness (QED) is 0.617. The molecule has 0 aliphatic carbocycles. The molecule has 0 spiro atoms. The summed E-state index contributed by atoms with van der Waals surface area (Å²) in [6, 6.07) is -0.993. The number of carbonyl (C=O) groups is 3. The van der Waals surface area contributed by atoms with Crippen molar-refractivity contribution in [1.29, 1.82) is 0 Å². The zero-order valence-corrected chi connectivity index (χ0v) is 11.6. The van der Waals surface area contributed by atoms with Crippen molar-refractivity contribution in [2.75, 3.05) is 32.9 Å². The molecule has 0 bridgehead atoms. The fourth-order valence-corrected chi connectivity index (χ4v) is 2.32. The lowest BCUT2D eigenvalue weighted by atomic mass is 10.1. The Morgan fingerprint density at radius 3 is 2.75 bits per heavy atom. The smallest absolute Gasteiger partial charge is 0.325 e. The molecule has 4 amide bonds. The Morgan fingerprint density at radius 1 is 1.50 bits per heavy atom. The number of imide groups is 1. The normalized spacial score (nSPS) is 25.9. The number of morpholine rings is 1. The summed E-state index contributed by atoms with van der Waals surface area (Å²) in [6.45, 7) is 3.63. The van der Waals surface area contributed by atoms with Gasteiger partial charge in [-0.15, -0.1) is 0 Å². The third-order valence-corrected chi connectivity index (χ3v) is 3.50. The van der Waals surface area contributed by atoms with Gasteiger partial charge in [-0.05, 0) is 13.8 Å². The van der Waals surface area contributed by atoms with Crippen LogP contribution in [-0.4, -0.2) is 77.2 Å². The Balaban J connectivity index is 2.04. The number of aliphatic hydroxyl groups excluding tert-OH is 1. The van der Waals surface area contributed by atoms with Gasteiger partial charge in [0.05, 0.1) is 25.9 Å². The molecular formula is C12H19N3O5. The van der Waals surface area contributed by atoms with Gasteiger partial charge in [0.2, 0.25) is 5.91 Å². The molecule has 0 radical (unpaired) electrons. The predicted molar refractivity (Wildman–Crippen MR) is 67.7 cm³/mol. The van der Waals surface area contributed by atoms with E-state index in [9.17, 15) is 19.5 Å². The van der Waals surface area contributed by atoms with E-state index in [0.717, 1.165) is 4.90 Å².